The minimum Gasteiger partial charge on any atom is -0.456 e. The first-order valence-corrected chi connectivity index (χ1v) is 12.5. The highest BCUT2D eigenvalue weighted by atomic mass is 79.9. The number of fused-ring (bicyclic) bond motifs is 3. The van der Waals surface area contributed by atoms with Gasteiger partial charge in [0, 0.05) is 27.9 Å². The zero-order chi connectivity index (χ0) is 22.9. The molecule has 1 nitrogen and oxygen atoms in total. The normalized spacial score (nSPS) is 17.6. The molecule has 1 aromatic heterocycles. The van der Waals surface area contributed by atoms with Crippen molar-refractivity contribution >= 4 is 43.0 Å². The SMILES string of the molecule is Br/C1=c2/c(oc3ccc(-c4cccc(-c5ccc(C6=CC=CCC6)cc5)c4)cc23)=C\CC#CC1. The first-order valence-electron chi connectivity index (χ1n) is 11.7. The van der Waals surface area contributed by atoms with Crippen molar-refractivity contribution in [3.05, 3.63) is 101 Å². The van der Waals surface area contributed by atoms with E-state index in [1.807, 2.05) is 0 Å². The molecule has 0 unspecified atom stereocenters. The van der Waals surface area contributed by atoms with E-state index >= 15 is 0 Å². The van der Waals surface area contributed by atoms with Crippen LogP contribution in [0.3, 0.4) is 0 Å². The molecule has 0 aliphatic heterocycles. The molecule has 164 valence electrons. The third kappa shape index (κ3) is 3.98. The van der Waals surface area contributed by atoms with Crippen LogP contribution in [0.1, 0.15) is 31.2 Å². The first-order chi connectivity index (χ1) is 16.8. The van der Waals surface area contributed by atoms with Crippen molar-refractivity contribution in [2.24, 2.45) is 0 Å². The Hall–Kier alpha value is -3.54. The lowest BCUT2D eigenvalue weighted by molar-refractivity contribution is 0.574. The van der Waals surface area contributed by atoms with Gasteiger partial charge in [0.2, 0.25) is 0 Å². The molecule has 0 N–H and O–H groups in total. The van der Waals surface area contributed by atoms with E-state index in [1.54, 1.807) is 0 Å². The summed E-state index contributed by atoms with van der Waals surface area (Å²) < 4.78 is 7.24. The molecule has 0 saturated carbocycles. The zero-order valence-electron chi connectivity index (χ0n) is 18.8. The monoisotopic (exact) mass is 502 g/mol. The Morgan fingerprint density at radius 2 is 1.56 bits per heavy atom. The molecule has 2 heteroatoms. The number of allylic oxidation sites excluding steroid dienone is 4. The highest BCUT2D eigenvalue weighted by molar-refractivity contribution is 9.14. The number of benzene rings is 3. The summed E-state index contributed by atoms with van der Waals surface area (Å²) in [6.45, 7) is 0. The Kier molecular flexibility index (Phi) is 5.57. The highest BCUT2D eigenvalue weighted by Crippen LogP contribution is 2.30. The molecule has 0 bridgehead atoms. The minimum absolute atomic E-state index is 0.707. The van der Waals surface area contributed by atoms with Gasteiger partial charge in [0.05, 0.1) is 0 Å². The van der Waals surface area contributed by atoms with Gasteiger partial charge in [-0.25, -0.2) is 0 Å². The van der Waals surface area contributed by atoms with Crippen LogP contribution in [0.25, 0.3) is 49.4 Å². The molecule has 4 aromatic rings. The second-order valence-electron chi connectivity index (χ2n) is 8.71. The van der Waals surface area contributed by atoms with Crippen LogP contribution in [0.4, 0.5) is 0 Å². The van der Waals surface area contributed by atoms with Gasteiger partial charge in [0.15, 0.2) is 0 Å². The maximum atomic E-state index is 6.16. The van der Waals surface area contributed by atoms with Gasteiger partial charge >= 0.3 is 0 Å². The first kappa shape index (κ1) is 21.0. The summed E-state index contributed by atoms with van der Waals surface area (Å²) in [5, 5.41) is 2.26. The predicted molar refractivity (Wildman–Crippen MR) is 146 cm³/mol. The van der Waals surface area contributed by atoms with Gasteiger partial charge in [-0.05, 0) is 70.5 Å². The molecule has 34 heavy (non-hydrogen) atoms. The van der Waals surface area contributed by atoms with Crippen molar-refractivity contribution in [2.45, 2.75) is 25.7 Å². The maximum absolute atomic E-state index is 6.16. The molecule has 6 rings (SSSR count). The van der Waals surface area contributed by atoms with Gasteiger partial charge < -0.3 is 4.42 Å². The minimum atomic E-state index is 0.707. The van der Waals surface area contributed by atoms with E-state index in [1.165, 1.54) is 33.4 Å². The van der Waals surface area contributed by atoms with Crippen LogP contribution in [-0.2, 0) is 0 Å². The fraction of sp³-hybridized carbons (Fsp3) is 0.125. The largest absolute Gasteiger partial charge is 0.456 e. The number of rotatable bonds is 3. The van der Waals surface area contributed by atoms with Crippen molar-refractivity contribution in [2.75, 3.05) is 0 Å². The van der Waals surface area contributed by atoms with Crippen molar-refractivity contribution in [3.63, 3.8) is 0 Å². The van der Waals surface area contributed by atoms with Gasteiger partial charge in [0.25, 0.3) is 0 Å². The standard InChI is InChI=1S/C32H23BrO/c33-29-12-5-2-6-13-31-32(29)28-21-27(18-19-30(28)34-31)26-11-7-10-25(20-26)24-16-14-23(15-17-24)22-8-3-1-4-9-22/h1,3,7-8,10-11,13-21H,4,6,9,12H2/b31-13+,32-29+. The van der Waals surface area contributed by atoms with Crippen LogP contribution in [0, 0.1) is 11.8 Å². The topological polar surface area (TPSA) is 13.1 Å². The average Bonchev–Trinajstić information content (AvgIpc) is 3.25. The average molecular weight is 503 g/mol. The number of furan rings is 1. The summed E-state index contributed by atoms with van der Waals surface area (Å²) in [5.41, 5.74) is 9.38. The lowest BCUT2D eigenvalue weighted by Crippen LogP contribution is -2.22. The van der Waals surface area contributed by atoms with E-state index in [4.69, 9.17) is 4.42 Å². The molecule has 2 aliphatic rings. The fourth-order valence-corrected chi connectivity index (χ4v) is 5.31. The molecule has 0 amide bonds. The number of hydrogen-bond acceptors (Lipinski definition) is 1. The Balaban J connectivity index is 1.39. The number of hydrogen-bond donors (Lipinski definition) is 0. The van der Waals surface area contributed by atoms with Gasteiger partial charge in [0.1, 0.15) is 11.0 Å². The smallest absolute Gasteiger partial charge is 0.135 e. The number of halogens is 1. The van der Waals surface area contributed by atoms with Crippen LogP contribution in [0.5, 0.6) is 0 Å². The zero-order valence-corrected chi connectivity index (χ0v) is 20.4. The van der Waals surface area contributed by atoms with E-state index in [2.05, 4.69) is 119 Å². The Bertz CT molecular complexity index is 1650. The molecular weight excluding hydrogens is 480 g/mol. The van der Waals surface area contributed by atoms with Gasteiger partial charge in [-0.3, -0.25) is 0 Å². The van der Waals surface area contributed by atoms with Crippen LogP contribution in [0.15, 0.2) is 89.4 Å². The van der Waals surface area contributed by atoms with Gasteiger partial charge in [-0.15, -0.1) is 0 Å². The lowest BCUT2D eigenvalue weighted by Gasteiger charge is -2.11. The van der Waals surface area contributed by atoms with Crippen LogP contribution >= 0.6 is 15.9 Å². The summed E-state index contributed by atoms with van der Waals surface area (Å²) in [5.74, 6) is 6.38. The van der Waals surface area contributed by atoms with Crippen molar-refractivity contribution in [1.29, 1.82) is 0 Å². The molecule has 3 aromatic carbocycles. The summed E-state index contributed by atoms with van der Waals surface area (Å²) in [6.07, 6.45) is 12.4. The van der Waals surface area contributed by atoms with E-state index < -0.39 is 0 Å². The van der Waals surface area contributed by atoms with Gasteiger partial charge in [-0.1, -0.05) is 94.5 Å². The van der Waals surface area contributed by atoms with Crippen molar-refractivity contribution in [3.8, 4) is 34.1 Å². The second-order valence-corrected chi connectivity index (χ2v) is 9.67. The molecular formula is C32H23BrO. The van der Waals surface area contributed by atoms with E-state index in [-0.39, 0.29) is 0 Å². The molecule has 0 saturated heterocycles. The summed E-state index contributed by atoms with van der Waals surface area (Å²) in [7, 11) is 0. The quantitative estimate of drug-likeness (QED) is 0.263. The molecule has 0 radical (unpaired) electrons. The summed E-state index contributed by atoms with van der Waals surface area (Å²) in [4.78, 5) is 0. The molecule has 0 fully saturated rings. The summed E-state index contributed by atoms with van der Waals surface area (Å²) >= 11 is 3.76. The Morgan fingerprint density at radius 3 is 2.38 bits per heavy atom. The highest BCUT2D eigenvalue weighted by Gasteiger charge is 2.10. The molecule has 2 aliphatic carbocycles. The van der Waals surface area contributed by atoms with Crippen LogP contribution in [0.2, 0.25) is 0 Å². The third-order valence-electron chi connectivity index (χ3n) is 6.54. The van der Waals surface area contributed by atoms with E-state index in [9.17, 15) is 0 Å². The molecule has 1 heterocycles. The van der Waals surface area contributed by atoms with Crippen molar-refractivity contribution < 1.29 is 4.42 Å². The van der Waals surface area contributed by atoms with Crippen LogP contribution in [-0.4, -0.2) is 0 Å². The van der Waals surface area contributed by atoms with Crippen LogP contribution < -0.4 is 10.6 Å². The lowest BCUT2D eigenvalue weighted by atomic mass is 9.94. The summed E-state index contributed by atoms with van der Waals surface area (Å²) in [6, 6.07) is 24.2. The molecule has 0 atom stereocenters. The van der Waals surface area contributed by atoms with Gasteiger partial charge in [-0.2, -0.15) is 0 Å². The van der Waals surface area contributed by atoms with Crippen molar-refractivity contribution in [1.82, 2.24) is 0 Å². The Labute approximate surface area is 207 Å². The third-order valence-corrected chi connectivity index (χ3v) is 7.22. The van der Waals surface area contributed by atoms with E-state index in [0.717, 1.165) is 45.3 Å². The second kappa shape index (κ2) is 9.01. The Morgan fingerprint density at radius 1 is 0.794 bits per heavy atom. The predicted octanol–water partition coefficient (Wildman–Crippen LogP) is 7.58. The fourth-order valence-electron chi connectivity index (χ4n) is 4.76. The van der Waals surface area contributed by atoms with E-state index in [0.29, 0.717) is 6.42 Å². The molecule has 0 spiro atoms. The maximum Gasteiger partial charge on any atom is 0.135 e.